The Morgan fingerprint density at radius 1 is 1.07 bits per heavy atom. The Labute approximate surface area is 157 Å². The minimum Gasteiger partial charge on any atom is -0.383 e. The first kappa shape index (κ1) is 17.3. The predicted molar refractivity (Wildman–Crippen MR) is 105 cm³/mol. The third-order valence-electron chi connectivity index (χ3n) is 5.06. The number of amides is 1. The molecule has 0 radical (unpaired) electrons. The van der Waals surface area contributed by atoms with Gasteiger partial charge in [-0.1, -0.05) is 36.4 Å². The molecule has 6 nitrogen and oxygen atoms in total. The van der Waals surface area contributed by atoms with Crippen LogP contribution < -0.4 is 10.6 Å². The number of para-hydroxylation sites is 2. The number of nitrogen functional groups attached to an aromatic ring is 1. The molecule has 1 aromatic heterocycles. The highest BCUT2D eigenvalue weighted by molar-refractivity contribution is 6.10. The maximum absolute atomic E-state index is 13.4. The van der Waals surface area contributed by atoms with Crippen molar-refractivity contribution >= 4 is 17.4 Å². The molecule has 2 heterocycles. The van der Waals surface area contributed by atoms with Crippen LogP contribution in [0, 0.1) is 6.92 Å². The van der Waals surface area contributed by atoms with Crippen LogP contribution in [-0.4, -0.2) is 26.8 Å². The molecule has 27 heavy (non-hydrogen) atoms. The van der Waals surface area contributed by atoms with Crippen molar-refractivity contribution in [3.05, 3.63) is 71.4 Å². The number of fused-ring (bicyclic) bond motifs is 1. The van der Waals surface area contributed by atoms with Gasteiger partial charge in [0.25, 0.3) is 5.91 Å². The SMILES string of the molecule is Cc1nn(-c2ccccc2)c(N)c1[C@@]1(O)C(=O)N(C(C)C)c2ccccc21. The molecule has 0 saturated heterocycles. The summed E-state index contributed by atoms with van der Waals surface area (Å²) in [6, 6.07) is 16.6. The Balaban J connectivity index is 1.96. The third-order valence-corrected chi connectivity index (χ3v) is 5.06. The maximum atomic E-state index is 13.4. The molecule has 0 spiro atoms. The number of hydrogen-bond acceptors (Lipinski definition) is 4. The number of benzene rings is 2. The van der Waals surface area contributed by atoms with Gasteiger partial charge in [-0.2, -0.15) is 5.10 Å². The summed E-state index contributed by atoms with van der Waals surface area (Å²) < 4.78 is 1.57. The van der Waals surface area contributed by atoms with Crippen molar-refractivity contribution in [1.82, 2.24) is 9.78 Å². The number of carbonyl (C=O) groups is 1. The molecule has 1 aliphatic heterocycles. The molecule has 3 N–H and O–H groups in total. The van der Waals surface area contributed by atoms with E-state index in [-0.39, 0.29) is 11.9 Å². The van der Waals surface area contributed by atoms with Crippen molar-refractivity contribution in [3.8, 4) is 5.69 Å². The van der Waals surface area contributed by atoms with E-state index >= 15 is 0 Å². The third kappa shape index (κ3) is 2.30. The molecule has 1 amide bonds. The van der Waals surface area contributed by atoms with E-state index < -0.39 is 11.5 Å². The Kier molecular flexibility index (Phi) is 3.82. The molecule has 4 rings (SSSR count). The lowest BCUT2D eigenvalue weighted by molar-refractivity contribution is -0.132. The van der Waals surface area contributed by atoms with Gasteiger partial charge in [0.05, 0.1) is 22.6 Å². The monoisotopic (exact) mass is 362 g/mol. The van der Waals surface area contributed by atoms with Crippen LogP contribution in [0.1, 0.15) is 30.7 Å². The average molecular weight is 362 g/mol. The van der Waals surface area contributed by atoms with Gasteiger partial charge in [0, 0.05) is 11.6 Å². The molecule has 1 atom stereocenters. The number of nitrogens with zero attached hydrogens (tertiary/aromatic N) is 3. The van der Waals surface area contributed by atoms with Gasteiger partial charge in [-0.3, -0.25) is 4.79 Å². The van der Waals surface area contributed by atoms with Crippen LogP contribution in [0.2, 0.25) is 0 Å². The molecule has 0 fully saturated rings. The lowest BCUT2D eigenvalue weighted by Gasteiger charge is -2.26. The number of aliphatic hydroxyl groups is 1. The van der Waals surface area contributed by atoms with Crippen LogP contribution >= 0.6 is 0 Å². The van der Waals surface area contributed by atoms with Gasteiger partial charge in [0.15, 0.2) is 0 Å². The lowest BCUT2D eigenvalue weighted by Crippen LogP contribution is -2.44. The van der Waals surface area contributed by atoms with E-state index in [1.165, 1.54) is 0 Å². The van der Waals surface area contributed by atoms with E-state index in [0.717, 1.165) is 5.69 Å². The first-order chi connectivity index (χ1) is 12.9. The summed E-state index contributed by atoms with van der Waals surface area (Å²) >= 11 is 0. The van der Waals surface area contributed by atoms with Crippen LogP contribution in [0.4, 0.5) is 11.5 Å². The van der Waals surface area contributed by atoms with Crippen molar-refractivity contribution < 1.29 is 9.90 Å². The second kappa shape index (κ2) is 5.96. The predicted octanol–water partition coefficient (Wildman–Crippen LogP) is 2.75. The molecular formula is C21H22N4O2. The number of carbonyl (C=O) groups excluding carboxylic acids is 1. The largest absolute Gasteiger partial charge is 0.383 e. The van der Waals surface area contributed by atoms with Crippen LogP contribution in [0.5, 0.6) is 0 Å². The number of rotatable bonds is 3. The van der Waals surface area contributed by atoms with E-state index in [1.807, 2.05) is 62.4 Å². The zero-order valence-electron chi connectivity index (χ0n) is 15.5. The van der Waals surface area contributed by atoms with Crippen LogP contribution in [0.3, 0.4) is 0 Å². The fourth-order valence-corrected chi connectivity index (χ4v) is 3.90. The van der Waals surface area contributed by atoms with Gasteiger partial charge >= 0.3 is 0 Å². The maximum Gasteiger partial charge on any atom is 0.268 e. The van der Waals surface area contributed by atoms with Crippen LogP contribution in [0.15, 0.2) is 54.6 Å². The number of nitrogens with two attached hydrogens (primary N) is 1. The molecule has 138 valence electrons. The Bertz CT molecular complexity index is 1030. The Hall–Kier alpha value is -3.12. The quantitative estimate of drug-likeness (QED) is 0.750. The highest BCUT2D eigenvalue weighted by Crippen LogP contribution is 2.47. The second-order valence-corrected chi connectivity index (χ2v) is 7.09. The number of anilines is 2. The molecule has 0 unspecified atom stereocenters. The fraction of sp³-hybridized carbons (Fsp3) is 0.238. The van der Waals surface area contributed by atoms with Crippen molar-refractivity contribution in [3.63, 3.8) is 0 Å². The summed E-state index contributed by atoms with van der Waals surface area (Å²) in [6.45, 7) is 5.60. The van der Waals surface area contributed by atoms with E-state index in [4.69, 9.17) is 5.73 Å². The van der Waals surface area contributed by atoms with Crippen molar-refractivity contribution in [1.29, 1.82) is 0 Å². The van der Waals surface area contributed by atoms with Crippen molar-refractivity contribution in [2.75, 3.05) is 10.6 Å². The normalized spacial score (nSPS) is 19.0. The smallest absolute Gasteiger partial charge is 0.268 e. The zero-order valence-corrected chi connectivity index (χ0v) is 15.5. The number of aryl methyl sites for hydroxylation is 1. The highest BCUT2D eigenvalue weighted by atomic mass is 16.3. The number of aromatic nitrogens is 2. The van der Waals surface area contributed by atoms with E-state index in [0.29, 0.717) is 22.5 Å². The molecule has 3 aromatic rings. The highest BCUT2D eigenvalue weighted by Gasteiger charge is 2.54. The molecule has 0 aliphatic carbocycles. The van der Waals surface area contributed by atoms with Gasteiger partial charge in [-0.25, -0.2) is 4.68 Å². The average Bonchev–Trinajstić information content (AvgIpc) is 3.08. The van der Waals surface area contributed by atoms with E-state index in [9.17, 15) is 9.90 Å². The topological polar surface area (TPSA) is 84.4 Å². The summed E-state index contributed by atoms with van der Waals surface area (Å²) in [5.74, 6) is -0.143. The Morgan fingerprint density at radius 3 is 2.37 bits per heavy atom. The van der Waals surface area contributed by atoms with Crippen LogP contribution in [-0.2, 0) is 10.4 Å². The second-order valence-electron chi connectivity index (χ2n) is 7.09. The molecular weight excluding hydrogens is 340 g/mol. The first-order valence-corrected chi connectivity index (χ1v) is 8.94. The summed E-state index contributed by atoms with van der Waals surface area (Å²) in [7, 11) is 0. The van der Waals surface area contributed by atoms with Crippen LogP contribution in [0.25, 0.3) is 5.69 Å². The van der Waals surface area contributed by atoms with Gasteiger partial charge < -0.3 is 15.7 Å². The molecule has 6 heteroatoms. The van der Waals surface area contributed by atoms with Gasteiger partial charge in [0.2, 0.25) is 5.60 Å². The summed E-state index contributed by atoms with van der Waals surface area (Å²) in [5, 5.41) is 16.2. The van der Waals surface area contributed by atoms with Gasteiger partial charge in [-0.05, 0) is 39.0 Å². The lowest BCUT2D eigenvalue weighted by atomic mass is 9.87. The fourth-order valence-electron chi connectivity index (χ4n) is 3.90. The summed E-state index contributed by atoms with van der Waals surface area (Å²) in [5.41, 5.74) is 7.42. The molecule has 1 aliphatic rings. The first-order valence-electron chi connectivity index (χ1n) is 8.94. The zero-order chi connectivity index (χ0) is 19.3. The molecule has 2 aromatic carbocycles. The minimum absolute atomic E-state index is 0.0987. The molecule has 0 bridgehead atoms. The van der Waals surface area contributed by atoms with E-state index in [2.05, 4.69) is 5.10 Å². The summed E-state index contributed by atoms with van der Waals surface area (Å²) in [6.07, 6.45) is 0. The minimum atomic E-state index is -1.86. The summed E-state index contributed by atoms with van der Waals surface area (Å²) in [4.78, 5) is 15.0. The molecule has 0 saturated carbocycles. The van der Waals surface area contributed by atoms with Gasteiger partial charge in [0.1, 0.15) is 5.82 Å². The standard InChI is InChI=1S/C21H22N4O2/c1-13(2)24-17-12-8-7-11-16(17)21(27,20(24)26)18-14(3)23-25(19(18)22)15-9-5-4-6-10-15/h4-13,27H,22H2,1-3H3/t21-/m1/s1. The van der Waals surface area contributed by atoms with Crippen molar-refractivity contribution in [2.24, 2.45) is 0 Å². The van der Waals surface area contributed by atoms with Gasteiger partial charge in [-0.15, -0.1) is 0 Å². The van der Waals surface area contributed by atoms with Crippen molar-refractivity contribution in [2.45, 2.75) is 32.4 Å². The number of hydrogen-bond donors (Lipinski definition) is 2. The van der Waals surface area contributed by atoms with E-state index in [1.54, 1.807) is 22.6 Å². The Morgan fingerprint density at radius 2 is 1.70 bits per heavy atom.